The van der Waals surface area contributed by atoms with Crippen molar-refractivity contribution >= 4 is 23.3 Å². The number of benzene rings is 1. The molecule has 7 nitrogen and oxygen atoms in total. The molecule has 1 aliphatic heterocycles. The number of halogens is 1. The molecule has 0 radical (unpaired) electrons. The van der Waals surface area contributed by atoms with Gasteiger partial charge in [-0.1, -0.05) is 19.1 Å². The summed E-state index contributed by atoms with van der Waals surface area (Å²) in [5.41, 5.74) is 0.407. The van der Waals surface area contributed by atoms with Crippen molar-refractivity contribution in [2.45, 2.75) is 83.5 Å². The Kier molecular flexibility index (Phi) is 7.13. The number of amides is 2. The van der Waals surface area contributed by atoms with Crippen LogP contribution in [0.5, 0.6) is 0 Å². The number of aryl methyl sites for hydroxylation is 1. The maximum atomic E-state index is 14.9. The molecule has 2 aromatic rings. The molecule has 2 heterocycles. The van der Waals surface area contributed by atoms with Crippen LogP contribution in [0.3, 0.4) is 0 Å². The first-order chi connectivity index (χ1) is 16.6. The minimum atomic E-state index is -0.919. The molecule has 1 saturated carbocycles. The maximum Gasteiger partial charge on any atom is 0.411 e. The molecule has 1 aromatic carbocycles. The van der Waals surface area contributed by atoms with Crippen molar-refractivity contribution in [1.29, 1.82) is 5.26 Å². The van der Waals surface area contributed by atoms with Crippen LogP contribution in [0.2, 0.25) is 0 Å². The predicted molar refractivity (Wildman–Crippen MR) is 131 cm³/mol. The number of carbonyl (C=O) groups excluding carboxylic acids is 2. The van der Waals surface area contributed by atoms with Crippen LogP contribution in [0.1, 0.15) is 57.5 Å². The molecule has 4 atom stereocenters. The molecule has 9 heteroatoms. The number of carbonyl (C=O) groups is 2. The molecule has 1 saturated heterocycles. The van der Waals surface area contributed by atoms with E-state index < -0.39 is 29.6 Å². The first-order valence-corrected chi connectivity index (χ1v) is 12.9. The van der Waals surface area contributed by atoms with Gasteiger partial charge in [0, 0.05) is 18.7 Å². The summed E-state index contributed by atoms with van der Waals surface area (Å²) in [5.74, 6) is -0.780. The monoisotopic (exact) mass is 498 g/mol. The van der Waals surface area contributed by atoms with Gasteiger partial charge in [-0.05, 0) is 69.6 Å². The van der Waals surface area contributed by atoms with Gasteiger partial charge in [-0.15, -0.1) is 11.3 Å². The smallest absolute Gasteiger partial charge is 0.411 e. The van der Waals surface area contributed by atoms with Crippen molar-refractivity contribution < 1.29 is 18.7 Å². The third kappa shape index (κ3) is 5.48. The molecule has 0 spiro atoms. The maximum absolute atomic E-state index is 14.9. The number of hydrogen-bond donors (Lipinski definition) is 1. The van der Waals surface area contributed by atoms with Crippen LogP contribution in [-0.4, -0.2) is 45.6 Å². The highest BCUT2D eigenvalue weighted by Crippen LogP contribution is 2.43. The number of nitriles is 1. The van der Waals surface area contributed by atoms with Gasteiger partial charge in [-0.25, -0.2) is 14.2 Å². The van der Waals surface area contributed by atoms with Crippen LogP contribution in [-0.2, 0) is 22.4 Å². The second kappa shape index (κ2) is 9.94. The van der Waals surface area contributed by atoms with Crippen molar-refractivity contribution in [3.8, 4) is 16.5 Å². The van der Waals surface area contributed by atoms with E-state index in [2.05, 4.69) is 16.4 Å². The van der Waals surface area contributed by atoms with Crippen LogP contribution in [0.25, 0.3) is 10.4 Å². The third-order valence-electron chi connectivity index (χ3n) is 6.55. The average molecular weight is 499 g/mol. The third-order valence-corrected chi connectivity index (χ3v) is 7.74. The van der Waals surface area contributed by atoms with Crippen LogP contribution in [0.15, 0.2) is 24.4 Å². The van der Waals surface area contributed by atoms with Crippen LogP contribution < -0.4 is 5.32 Å². The van der Waals surface area contributed by atoms with Crippen molar-refractivity contribution in [3.63, 3.8) is 0 Å². The van der Waals surface area contributed by atoms with Crippen molar-refractivity contribution in [2.24, 2.45) is 5.92 Å². The molecular formula is C26H31FN4O3S. The summed E-state index contributed by atoms with van der Waals surface area (Å²) in [6.45, 7) is 7.39. The van der Waals surface area contributed by atoms with Crippen LogP contribution in [0, 0.1) is 23.1 Å². The van der Waals surface area contributed by atoms with Gasteiger partial charge in [0.25, 0.3) is 0 Å². The summed E-state index contributed by atoms with van der Waals surface area (Å²) < 4.78 is 20.4. The summed E-state index contributed by atoms with van der Waals surface area (Å²) in [5, 5.41) is 13.4. The van der Waals surface area contributed by atoms with E-state index in [9.17, 15) is 19.2 Å². The molecule has 1 aliphatic carbocycles. The minimum Gasteiger partial charge on any atom is -0.444 e. The number of hydrogen-bond acceptors (Lipinski definition) is 6. The molecule has 2 bridgehead atoms. The molecule has 1 N–H and O–H groups in total. The van der Waals surface area contributed by atoms with Crippen molar-refractivity contribution in [2.75, 3.05) is 0 Å². The fraction of sp³-hybridized carbons (Fsp3) is 0.538. The number of nitrogens with one attached hydrogen (secondary N) is 1. The zero-order valence-electron chi connectivity index (χ0n) is 20.5. The highest BCUT2D eigenvalue weighted by atomic mass is 32.1. The Bertz CT molecular complexity index is 1150. The van der Waals surface area contributed by atoms with Gasteiger partial charge < -0.3 is 10.1 Å². The fourth-order valence-electron chi connectivity index (χ4n) is 4.98. The molecule has 1 aromatic heterocycles. The number of piperidine rings is 1. The second-order valence-electron chi connectivity index (χ2n) is 10.2. The Morgan fingerprint density at radius 1 is 1.37 bits per heavy atom. The minimum absolute atomic E-state index is 0.0314. The van der Waals surface area contributed by atoms with E-state index in [0.717, 1.165) is 41.1 Å². The van der Waals surface area contributed by atoms with E-state index in [1.165, 1.54) is 22.3 Å². The molecule has 2 amide bonds. The standard InChI is InChI=1S/C26H31FN4O3S/c1-5-22-29-14-21(35-22)16-7-6-15(20(27)12-16)10-18(13-28)30-24(32)23-17-8-9-19(11-17)31(23)25(33)34-26(2,3)4/h6-7,12,14,17-19,23H,5,8-11H2,1-4H3,(H,30,32). The topological polar surface area (TPSA) is 95.3 Å². The van der Waals surface area contributed by atoms with E-state index in [1.54, 1.807) is 33.0 Å². The molecular weight excluding hydrogens is 467 g/mol. The Morgan fingerprint density at radius 3 is 2.77 bits per heavy atom. The van der Waals surface area contributed by atoms with Gasteiger partial charge in [-0.2, -0.15) is 5.26 Å². The summed E-state index contributed by atoms with van der Waals surface area (Å²) >= 11 is 1.52. The average Bonchev–Trinajstić information content (AvgIpc) is 3.54. The number of ether oxygens (including phenoxy) is 1. The van der Waals surface area contributed by atoms with Crippen molar-refractivity contribution in [3.05, 3.63) is 40.8 Å². The number of thiazole rings is 1. The molecule has 35 heavy (non-hydrogen) atoms. The van der Waals surface area contributed by atoms with Gasteiger partial charge >= 0.3 is 6.09 Å². The highest BCUT2D eigenvalue weighted by Gasteiger charge is 2.52. The summed E-state index contributed by atoms with van der Waals surface area (Å²) in [4.78, 5) is 32.8. The lowest BCUT2D eigenvalue weighted by Crippen LogP contribution is -2.55. The number of likely N-dealkylation sites (tertiary alicyclic amines) is 1. The predicted octanol–water partition coefficient (Wildman–Crippen LogP) is 4.85. The quantitative estimate of drug-likeness (QED) is 0.614. The summed E-state index contributed by atoms with van der Waals surface area (Å²) in [6.07, 6.45) is 4.53. The van der Waals surface area contributed by atoms with Crippen LogP contribution >= 0.6 is 11.3 Å². The van der Waals surface area contributed by atoms with E-state index in [-0.39, 0.29) is 24.3 Å². The normalized spacial score (nSPS) is 22.1. The number of rotatable bonds is 6. The molecule has 4 unspecified atom stereocenters. The molecule has 186 valence electrons. The lowest BCUT2D eigenvalue weighted by atomic mass is 9.97. The summed E-state index contributed by atoms with van der Waals surface area (Å²) in [7, 11) is 0. The Balaban J connectivity index is 1.45. The first kappa shape index (κ1) is 25.1. The fourth-order valence-corrected chi connectivity index (χ4v) is 5.84. The van der Waals surface area contributed by atoms with E-state index in [1.807, 2.05) is 13.0 Å². The Labute approximate surface area is 209 Å². The number of nitrogens with zero attached hydrogens (tertiary/aromatic N) is 3. The molecule has 2 aliphatic rings. The second-order valence-corrected chi connectivity index (χ2v) is 11.3. The molecule has 2 fully saturated rings. The van der Waals surface area contributed by atoms with E-state index in [4.69, 9.17) is 4.74 Å². The van der Waals surface area contributed by atoms with Gasteiger partial charge in [0.05, 0.1) is 16.0 Å². The SMILES string of the molecule is CCc1ncc(-c2ccc(CC(C#N)NC(=O)C3C4CCC(C4)N3C(=O)OC(C)(C)C)c(F)c2)s1. The highest BCUT2D eigenvalue weighted by molar-refractivity contribution is 7.15. The Hall–Kier alpha value is -2.99. The van der Waals surface area contributed by atoms with Gasteiger partial charge in [0.15, 0.2) is 0 Å². The van der Waals surface area contributed by atoms with E-state index >= 15 is 0 Å². The van der Waals surface area contributed by atoms with Crippen molar-refractivity contribution in [1.82, 2.24) is 15.2 Å². The lowest BCUT2D eigenvalue weighted by Gasteiger charge is -2.35. The lowest BCUT2D eigenvalue weighted by molar-refractivity contribution is -0.128. The Morgan fingerprint density at radius 2 is 2.14 bits per heavy atom. The largest absolute Gasteiger partial charge is 0.444 e. The number of fused-ring (bicyclic) bond motifs is 2. The van der Waals surface area contributed by atoms with Crippen LogP contribution in [0.4, 0.5) is 9.18 Å². The van der Waals surface area contributed by atoms with Gasteiger partial charge in [-0.3, -0.25) is 9.69 Å². The molecule has 4 rings (SSSR count). The summed E-state index contributed by atoms with van der Waals surface area (Å²) in [6, 6.07) is 5.35. The van der Waals surface area contributed by atoms with Gasteiger partial charge in [0.2, 0.25) is 5.91 Å². The zero-order valence-corrected chi connectivity index (χ0v) is 21.3. The number of aromatic nitrogens is 1. The first-order valence-electron chi connectivity index (χ1n) is 12.0. The zero-order chi connectivity index (χ0) is 25.3. The van der Waals surface area contributed by atoms with Gasteiger partial charge in [0.1, 0.15) is 23.5 Å². The van der Waals surface area contributed by atoms with E-state index in [0.29, 0.717) is 5.56 Å².